The lowest BCUT2D eigenvalue weighted by atomic mass is 10.0. The van der Waals surface area contributed by atoms with Crippen LogP contribution < -0.4 is 0 Å². The van der Waals surface area contributed by atoms with Crippen LogP contribution in [0.2, 0.25) is 0 Å². The van der Waals surface area contributed by atoms with E-state index in [1.807, 2.05) is 34.8 Å². The van der Waals surface area contributed by atoms with E-state index in [-0.39, 0.29) is 0 Å². The molecule has 0 amide bonds. The van der Waals surface area contributed by atoms with Crippen molar-refractivity contribution in [2.45, 2.75) is 105 Å². The number of hydrogen-bond acceptors (Lipinski definition) is 2. The Hall–Kier alpha value is -2.94. The summed E-state index contributed by atoms with van der Waals surface area (Å²) in [4.78, 5) is 2.86. The summed E-state index contributed by atoms with van der Waals surface area (Å²) in [5, 5.41) is 4.76. The summed E-state index contributed by atoms with van der Waals surface area (Å²) < 4.78 is 0. The minimum atomic E-state index is 1.21. The summed E-state index contributed by atoms with van der Waals surface area (Å²) in [5.74, 6) is 0. The first-order chi connectivity index (χ1) is 21.7. The van der Waals surface area contributed by atoms with Crippen molar-refractivity contribution >= 4 is 34.8 Å². The van der Waals surface area contributed by atoms with Gasteiger partial charge < -0.3 is 0 Å². The molecule has 2 rings (SSSR count). The fourth-order valence-corrected chi connectivity index (χ4v) is 6.89. The Morgan fingerprint density at radius 2 is 0.659 bits per heavy atom. The Labute approximate surface area is 278 Å². The molecule has 0 aromatic carbocycles. The summed E-state index contributed by atoms with van der Waals surface area (Å²) in [6.07, 6.45) is 52.9. The van der Waals surface area contributed by atoms with Crippen LogP contribution in [0.1, 0.15) is 111 Å². The maximum atomic E-state index is 2.38. The first-order valence-corrected chi connectivity index (χ1v) is 18.7. The highest BCUT2D eigenvalue weighted by Gasteiger charge is 2.10. The SMILES string of the molecule is CCCCc1csc(/C=C/C=C/C=C/C=C/C=C/C=C/C=C/C=C/C=C/c2scc(CCCC)c2CCCC)c1CCCC. The van der Waals surface area contributed by atoms with Crippen LogP contribution in [0.5, 0.6) is 0 Å². The van der Waals surface area contributed by atoms with Gasteiger partial charge in [0.05, 0.1) is 0 Å². The van der Waals surface area contributed by atoms with Crippen LogP contribution in [-0.2, 0) is 25.7 Å². The largest absolute Gasteiger partial charge is 0.144 e. The van der Waals surface area contributed by atoms with E-state index in [1.54, 1.807) is 22.3 Å². The van der Waals surface area contributed by atoms with Gasteiger partial charge in [-0.25, -0.2) is 0 Å². The number of hydrogen-bond donors (Lipinski definition) is 0. The molecule has 0 fully saturated rings. The molecule has 2 aromatic rings. The third-order valence-corrected chi connectivity index (χ3v) is 9.43. The van der Waals surface area contributed by atoms with Crippen LogP contribution in [0, 0.1) is 0 Å². The van der Waals surface area contributed by atoms with Crippen molar-refractivity contribution in [1.29, 1.82) is 0 Å². The second kappa shape index (κ2) is 25.4. The monoisotopic (exact) mass is 624 g/mol. The van der Waals surface area contributed by atoms with Gasteiger partial charge in [-0.1, -0.05) is 151 Å². The molecule has 0 saturated carbocycles. The average Bonchev–Trinajstić information content (AvgIpc) is 3.62. The van der Waals surface area contributed by atoms with Crippen LogP contribution in [0.25, 0.3) is 12.2 Å². The van der Waals surface area contributed by atoms with Gasteiger partial charge >= 0.3 is 0 Å². The van der Waals surface area contributed by atoms with Crippen molar-refractivity contribution < 1.29 is 0 Å². The second-order valence-corrected chi connectivity index (χ2v) is 12.9. The Kier molecular flexibility index (Phi) is 21.5. The highest BCUT2D eigenvalue weighted by atomic mass is 32.1. The number of unbranched alkanes of at least 4 members (excludes halogenated alkanes) is 4. The molecule has 0 N–H and O–H groups in total. The smallest absolute Gasteiger partial charge is 0.0305 e. The number of thiophene rings is 2. The van der Waals surface area contributed by atoms with Gasteiger partial charge in [-0.15, -0.1) is 22.7 Å². The Balaban J connectivity index is 1.72. The van der Waals surface area contributed by atoms with E-state index < -0.39 is 0 Å². The standard InChI is InChI=1S/C42H56S2/c1-5-9-29-37-35-43-41(39(37)31-11-7-3)33-27-25-23-21-19-17-15-13-14-16-18-20-22-24-26-28-34-42-40(32-12-8-4)38(36-44-42)30-10-6-2/h13-28,33-36H,5-12,29-32H2,1-4H3/b14-13+,17-15+,18-16+,21-19+,22-20+,25-23+,26-24+,33-27+,34-28+. The lowest BCUT2D eigenvalue weighted by Crippen LogP contribution is -1.92. The predicted octanol–water partition coefficient (Wildman–Crippen LogP) is 13.8. The van der Waals surface area contributed by atoms with Crippen molar-refractivity contribution in [2.75, 3.05) is 0 Å². The highest BCUT2D eigenvalue weighted by Crippen LogP contribution is 2.28. The van der Waals surface area contributed by atoms with E-state index in [4.69, 9.17) is 0 Å². The van der Waals surface area contributed by atoms with Gasteiger partial charge in [-0.2, -0.15) is 0 Å². The zero-order valence-corrected chi connectivity index (χ0v) is 29.5. The lowest BCUT2D eigenvalue weighted by molar-refractivity contribution is 0.761. The molecule has 0 aliphatic heterocycles. The van der Waals surface area contributed by atoms with E-state index in [0.717, 1.165) is 0 Å². The summed E-state index contributed by atoms with van der Waals surface area (Å²) in [5.41, 5.74) is 6.30. The summed E-state index contributed by atoms with van der Waals surface area (Å²) in [6, 6.07) is 0. The fraction of sp³-hybridized carbons (Fsp3) is 0.381. The van der Waals surface area contributed by atoms with Gasteiger partial charge in [-0.05, 0) is 96.5 Å². The minimum Gasteiger partial charge on any atom is -0.144 e. The molecule has 0 radical (unpaired) electrons. The molecule has 0 unspecified atom stereocenters. The molecule has 236 valence electrons. The number of allylic oxidation sites excluding steroid dienone is 16. The normalized spacial score (nSPS) is 13.3. The molecule has 44 heavy (non-hydrogen) atoms. The highest BCUT2D eigenvalue weighted by molar-refractivity contribution is 7.11. The molecule has 0 aliphatic rings. The molecular formula is C42H56S2. The zero-order valence-electron chi connectivity index (χ0n) is 27.8. The molecule has 2 heterocycles. The Morgan fingerprint density at radius 3 is 0.955 bits per heavy atom. The van der Waals surface area contributed by atoms with Crippen LogP contribution in [0.4, 0.5) is 0 Å². The van der Waals surface area contributed by atoms with Crippen LogP contribution in [0.15, 0.2) is 108 Å². The van der Waals surface area contributed by atoms with Crippen molar-refractivity contribution in [3.63, 3.8) is 0 Å². The van der Waals surface area contributed by atoms with Crippen molar-refractivity contribution in [2.24, 2.45) is 0 Å². The topological polar surface area (TPSA) is 0 Å². The Morgan fingerprint density at radius 1 is 0.386 bits per heavy atom. The van der Waals surface area contributed by atoms with E-state index in [0.29, 0.717) is 0 Å². The maximum Gasteiger partial charge on any atom is 0.0305 e. The molecule has 0 saturated heterocycles. The number of aryl methyl sites for hydroxylation is 2. The molecule has 2 aromatic heterocycles. The van der Waals surface area contributed by atoms with E-state index in [9.17, 15) is 0 Å². The first kappa shape index (κ1) is 37.2. The summed E-state index contributed by atoms with van der Waals surface area (Å²) in [6.45, 7) is 9.10. The Bertz CT molecular complexity index is 1190. The lowest BCUT2D eigenvalue weighted by Gasteiger charge is -2.04. The summed E-state index contributed by atoms with van der Waals surface area (Å²) >= 11 is 3.79. The van der Waals surface area contributed by atoms with Crippen molar-refractivity contribution in [1.82, 2.24) is 0 Å². The fourth-order valence-electron chi connectivity index (χ4n) is 4.76. The van der Waals surface area contributed by atoms with Gasteiger partial charge in [0.15, 0.2) is 0 Å². The first-order valence-electron chi connectivity index (χ1n) is 16.9. The molecule has 0 aliphatic carbocycles. The van der Waals surface area contributed by atoms with Crippen LogP contribution in [0.3, 0.4) is 0 Å². The average molecular weight is 625 g/mol. The van der Waals surface area contributed by atoms with E-state index in [1.165, 1.54) is 86.8 Å². The van der Waals surface area contributed by atoms with Gasteiger partial charge in [0.2, 0.25) is 0 Å². The van der Waals surface area contributed by atoms with Crippen LogP contribution >= 0.6 is 22.7 Å². The van der Waals surface area contributed by atoms with E-state index >= 15 is 0 Å². The predicted molar refractivity (Wildman–Crippen MR) is 205 cm³/mol. The quantitative estimate of drug-likeness (QED) is 0.114. The molecular weight excluding hydrogens is 569 g/mol. The third kappa shape index (κ3) is 15.7. The molecule has 2 heteroatoms. The maximum absolute atomic E-state index is 2.38. The summed E-state index contributed by atoms with van der Waals surface area (Å²) in [7, 11) is 0. The van der Waals surface area contributed by atoms with Gasteiger partial charge in [0.25, 0.3) is 0 Å². The number of rotatable bonds is 22. The molecule has 0 spiro atoms. The van der Waals surface area contributed by atoms with Gasteiger partial charge in [0, 0.05) is 9.75 Å². The zero-order chi connectivity index (χ0) is 31.5. The third-order valence-electron chi connectivity index (χ3n) is 7.35. The second-order valence-electron chi connectivity index (χ2n) is 11.0. The molecule has 0 bridgehead atoms. The van der Waals surface area contributed by atoms with E-state index in [2.05, 4.69) is 136 Å². The van der Waals surface area contributed by atoms with Crippen LogP contribution in [-0.4, -0.2) is 0 Å². The molecule has 0 nitrogen and oxygen atoms in total. The van der Waals surface area contributed by atoms with Gasteiger partial charge in [0.1, 0.15) is 0 Å². The van der Waals surface area contributed by atoms with Crippen molar-refractivity contribution in [3.8, 4) is 0 Å². The van der Waals surface area contributed by atoms with Crippen molar-refractivity contribution in [3.05, 3.63) is 140 Å². The molecule has 0 atom stereocenters. The minimum absolute atomic E-state index is 1.21. The van der Waals surface area contributed by atoms with Gasteiger partial charge in [-0.3, -0.25) is 0 Å².